The maximum atomic E-state index is 5.99. The summed E-state index contributed by atoms with van der Waals surface area (Å²) in [6.45, 7) is 7.93. The van der Waals surface area contributed by atoms with Gasteiger partial charge in [-0.15, -0.1) is 0 Å². The minimum absolute atomic E-state index is 0.00663. The average molecular weight is 235 g/mol. The van der Waals surface area contributed by atoms with E-state index in [4.69, 9.17) is 10.5 Å². The van der Waals surface area contributed by atoms with Crippen LogP contribution in [0.15, 0.2) is 18.3 Å². The lowest BCUT2D eigenvalue weighted by atomic mass is 10.1. The Morgan fingerprint density at radius 2 is 2.06 bits per heavy atom. The summed E-state index contributed by atoms with van der Waals surface area (Å²) in [7, 11) is 0. The van der Waals surface area contributed by atoms with Crippen molar-refractivity contribution in [3.63, 3.8) is 0 Å². The molecule has 1 aliphatic rings. The normalized spacial score (nSPS) is 26.9. The van der Waals surface area contributed by atoms with Crippen molar-refractivity contribution in [2.24, 2.45) is 5.73 Å². The number of rotatable bonds is 2. The van der Waals surface area contributed by atoms with E-state index >= 15 is 0 Å². The van der Waals surface area contributed by atoms with Gasteiger partial charge in [0.1, 0.15) is 5.82 Å². The van der Waals surface area contributed by atoms with Gasteiger partial charge in [0.15, 0.2) is 0 Å². The molecule has 0 unspecified atom stereocenters. The van der Waals surface area contributed by atoms with Gasteiger partial charge in [-0.1, -0.05) is 6.07 Å². The maximum Gasteiger partial charge on any atom is 0.133 e. The molecule has 0 amide bonds. The lowest BCUT2D eigenvalue weighted by Crippen LogP contribution is -2.46. The number of nitrogens with two attached hydrogens (primary N) is 1. The fraction of sp³-hybridized carbons (Fsp3) is 0.615. The standard InChI is InChI=1S/C13H21N3O/c1-9-7-16(8-10(2)17-9)13-12(11(3)14)5-4-6-15-13/h4-6,9-11H,7-8,14H2,1-3H3/t9-,10+,11-/m1/s1. The summed E-state index contributed by atoms with van der Waals surface area (Å²) in [5.41, 5.74) is 7.10. The molecule has 1 fully saturated rings. The van der Waals surface area contributed by atoms with E-state index in [-0.39, 0.29) is 18.2 Å². The second kappa shape index (κ2) is 5.02. The summed E-state index contributed by atoms with van der Waals surface area (Å²) in [6.07, 6.45) is 2.30. The highest BCUT2D eigenvalue weighted by molar-refractivity contribution is 5.48. The maximum absolute atomic E-state index is 5.99. The number of anilines is 1. The molecule has 1 saturated heterocycles. The number of nitrogens with zero attached hydrogens (tertiary/aromatic N) is 2. The molecule has 0 bridgehead atoms. The molecule has 94 valence electrons. The molecular weight excluding hydrogens is 214 g/mol. The van der Waals surface area contributed by atoms with E-state index in [0.29, 0.717) is 0 Å². The number of ether oxygens (including phenoxy) is 1. The Morgan fingerprint density at radius 1 is 1.41 bits per heavy atom. The van der Waals surface area contributed by atoms with Gasteiger partial charge in [-0.25, -0.2) is 4.98 Å². The van der Waals surface area contributed by atoms with Gasteiger partial charge >= 0.3 is 0 Å². The van der Waals surface area contributed by atoms with Crippen molar-refractivity contribution in [3.05, 3.63) is 23.9 Å². The van der Waals surface area contributed by atoms with Gasteiger partial charge in [0, 0.05) is 30.9 Å². The summed E-state index contributed by atoms with van der Waals surface area (Å²) < 4.78 is 5.74. The van der Waals surface area contributed by atoms with Gasteiger partial charge in [0.05, 0.1) is 12.2 Å². The van der Waals surface area contributed by atoms with Gasteiger partial charge in [-0.05, 0) is 26.8 Å². The third-order valence-electron chi connectivity index (χ3n) is 3.03. The fourth-order valence-electron chi connectivity index (χ4n) is 2.38. The Bertz CT molecular complexity index is 371. The third-order valence-corrected chi connectivity index (χ3v) is 3.03. The SMILES string of the molecule is C[C@@H]1CN(c2ncccc2[C@@H](C)N)C[C@H](C)O1. The van der Waals surface area contributed by atoms with Gasteiger partial charge in [0.25, 0.3) is 0 Å². The highest BCUT2D eigenvalue weighted by Crippen LogP contribution is 2.25. The van der Waals surface area contributed by atoms with Crippen LogP contribution in [0.5, 0.6) is 0 Å². The van der Waals surface area contributed by atoms with Crippen molar-refractivity contribution in [1.82, 2.24) is 4.98 Å². The van der Waals surface area contributed by atoms with Gasteiger partial charge in [0.2, 0.25) is 0 Å². The van der Waals surface area contributed by atoms with E-state index in [1.54, 1.807) is 0 Å². The minimum atomic E-state index is 0.00663. The van der Waals surface area contributed by atoms with Crippen LogP contribution in [0.25, 0.3) is 0 Å². The molecule has 0 aromatic carbocycles. The summed E-state index contributed by atoms with van der Waals surface area (Å²) in [6, 6.07) is 4.00. The van der Waals surface area contributed by atoms with Crippen molar-refractivity contribution < 1.29 is 4.74 Å². The molecule has 2 rings (SSSR count). The second-order valence-electron chi connectivity index (χ2n) is 4.87. The molecule has 1 aromatic rings. The van der Waals surface area contributed by atoms with Crippen LogP contribution in [0.1, 0.15) is 32.4 Å². The monoisotopic (exact) mass is 235 g/mol. The smallest absolute Gasteiger partial charge is 0.133 e. The molecule has 3 atom stereocenters. The Balaban J connectivity index is 2.27. The second-order valence-corrected chi connectivity index (χ2v) is 4.87. The van der Waals surface area contributed by atoms with E-state index in [1.165, 1.54) is 0 Å². The van der Waals surface area contributed by atoms with Crippen LogP contribution in [0.2, 0.25) is 0 Å². The lowest BCUT2D eigenvalue weighted by Gasteiger charge is -2.37. The first-order chi connectivity index (χ1) is 8.08. The zero-order chi connectivity index (χ0) is 12.4. The van der Waals surface area contributed by atoms with Crippen molar-refractivity contribution in [2.45, 2.75) is 39.0 Å². The highest BCUT2D eigenvalue weighted by Gasteiger charge is 2.25. The molecule has 0 radical (unpaired) electrons. The predicted octanol–water partition coefficient (Wildman–Crippen LogP) is 1.71. The Morgan fingerprint density at radius 3 is 2.65 bits per heavy atom. The van der Waals surface area contributed by atoms with Crippen molar-refractivity contribution in [3.8, 4) is 0 Å². The first-order valence-electron chi connectivity index (χ1n) is 6.19. The van der Waals surface area contributed by atoms with Gasteiger partial charge in [-0.2, -0.15) is 0 Å². The first kappa shape index (κ1) is 12.3. The Kier molecular flexibility index (Phi) is 3.64. The first-order valence-corrected chi connectivity index (χ1v) is 6.19. The highest BCUT2D eigenvalue weighted by atomic mass is 16.5. The van der Waals surface area contributed by atoms with E-state index in [9.17, 15) is 0 Å². The molecular formula is C13H21N3O. The van der Waals surface area contributed by atoms with Crippen LogP contribution in [0.4, 0.5) is 5.82 Å². The summed E-state index contributed by atoms with van der Waals surface area (Å²) in [5, 5.41) is 0. The molecule has 17 heavy (non-hydrogen) atoms. The predicted molar refractivity (Wildman–Crippen MR) is 69.1 cm³/mol. The quantitative estimate of drug-likeness (QED) is 0.848. The Labute approximate surface area is 103 Å². The van der Waals surface area contributed by atoms with E-state index in [1.807, 2.05) is 19.2 Å². The van der Waals surface area contributed by atoms with Crippen LogP contribution < -0.4 is 10.6 Å². The molecule has 1 aliphatic heterocycles. The topological polar surface area (TPSA) is 51.4 Å². The number of hydrogen-bond donors (Lipinski definition) is 1. The van der Waals surface area contributed by atoms with Gasteiger partial charge < -0.3 is 15.4 Å². The molecule has 0 spiro atoms. The van der Waals surface area contributed by atoms with Crippen LogP contribution in [-0.4, -0.2) is 30.3 Å². The van der Waals surface area contributed by atoms with E-state index in [2.05, 4.69) is 29.8 Å². The molecule has 4 heteroatoms. The summed E-state index contributed by atoms with van der Waals surface area (Å²) in [4.78, 5) is 6.76. The molecule has 1 aromatic heterocycles. The van der Waals surface area contributed by atoms with E-state index < -0.39 is 0 Å². The minimum Gasteiger partial charge on any atom is -0.372 e. The number of hydrogen-bond acceptors (Lipinski definition) is 4. The molecule has 0 aliphatic carbocycles. The average Bonchev–Trinajstić information content (AvgIpc) is 2.27. The summed E-state index contributed by atoms with van der Waals surface area (Å²) in [5.74, 6) is 1.00. The number of morpholine rings is 1. The number of aromatic nitrogens is 1. The zero-order valence-electron chi connectivity index (χ0n) is 10.8. The molecule has 0 saturated carbocycles. The van der Waals surface area contributed by atoms with Crippen molar-refractivity contribution in [2.75, 3.05) is 18.0 Å². The van der Waals surface area contributed by atoms with Crippen molar-refractivity contribution >= 4 is 5.82 Å². The van der Waals surface area contributed by atoms with Crippen LogP contribution in [-0.2, 0) is 4.74 Å². The van der Waals surface area contributed by atoms with Crippen LogP contribution >= 0.6 is 0 Å². The van der Waals surface area contributed by atoms with E-state index in [0.717, 1.165) is 24.5 Å². The fourth-order valence-corrected chi connectivity index (χ4v) is 2.38. The Hall–Kier alpha value is -1.13. The zero-order valence-corrected chi connectivity index (χ0v) is 10.8. The third kappa shape index (κ3) is 2.76. The largest absolute Gasteiger partial charge is 0.372 e. The molecule has 2 N–H and O–H groups in total. The van der Waals surface area contributed by atoms with Crippen LogP contribution in [0.3, 0.4) is 0 Å². The lowest BCUT2D eigenvalue weighted by molar-refractivity contribution is -0.00552. The molecule has 2 heterocycles. The number of pyridine rings is 1. The van der Waals surface area contributed by atoms with Crippen molar-refractivity contribution in [1.29, 1.82) is 0 Å². The van der Waals surface area contributed by atoms with Gasteiger partial charge in [-0.3, -0.25) is 0 Å². The molecule has 4 nitrogen and oxygen atoms in total. The summed E-state index contributed by atoms with van der Waals surface area (Å²) >= 11 is 0. The van der Waals surface area contributed by atoms with Crippen LogP contribution in [0, 0.1) is 0 Å².